The van der Waals surface area contributed by atoms with Crippen molar-refractivity contribution in [3.8, 4) is 22.3 Å². The normalized spacial score (nSPS) is 11.2. The first-order valence-electron chi connectivity index (χ1n) is 11.0. The minimum absolute atomic E-state index is 0.546. The zero-order valence-electron chi connectivity index (χ0n) is 18.0. The minimum Gasteiger partial charge on any atom is -0.300 e. The number of benzene rings is 5. The van der Waals surface area contributed by atoms with Gasteiger partial charge in [-0.25, -0.2) is 0 Å². The van der Waals surface area contributed by atoms with Gasteiger partial charge in [0.2, 0.25) is 0 Å². The third-order valence-corrected chi connectivity index (χ3v) is 7.24. The van der Waals surface area contributed by atoms with E-state index in [1.54, 1.807) is 11.3 Å². The number of nitrogens with one attached hydrogen (secondary N) is 1. The number of hydrogen-bond acceptors (Lipinski definition) is 2. The summed E-state index contributed by atoms with van der Waals surface area (Å²) in [5.41, 5.74) is 6.98. The van der Waals surface area contributed by atoms with E-state index in [9.17, 15) is 0 Å². The summed E-state index contributed by atoms with van der Waals surface area (Å²) in [6.07, 6.45) is 0. The molecule has 0 saturated carbocycles. The van der Waals surface area contributed by atoms with E-state index in [0.29, 0.717) is 5.71 Å². The molecule has 0 saturated heterocycles. The van der Waals surface area contributed by atoms with Crippen LogP contribution in [0.4, 0.5) is 0 Å². The Balaban J connectivity index is 1.49. The van der Waals surface area contributed by atoms with E-state index in [1.807, 2.05) is 12.1 Å². The first-order valence-corrected chi connectivity index (χ1v) is 11.8. The molecule has 0 unspecified atom stereocenters. The molecule has 2 heteroatoms. The lowest BCUT2D eigenvalue weighted by Crippen LogP contribution is -2.02. The summed E-state index contributed by atoms with van der Waals surface area (Å²) in [6.45, 7) is 0. The van der Waals surface area contributed by atoms with Crippen LogP contribution in [0.2, 0.25) is 0 Å². The molecule has 0 fully saturated rings. The molecule has 0 spiro atoms. The zero-order valence-corrected chi connectivity index (χ0v) is 18.8. The molecule has 0 aliphatic heterocycles. The highest BCUT2D eigenvalue weighted by Gasteiger charge is 2.12. The van der Waals surface area contributed by atoms with E-state index in [-0.39, 0.29) is 0 Å². The molecule has 6 rings (SSSR count). The first-order chi connectivity index (χ1) is 16.3. The summed E-state index contributed by atoms with van der Waals surface area (Å²) in [6, 6.07) is 42.2. The Morgan fingerprint density at radius 1 is 0.455 bits per heavy atom. The van der Waals surface area contributed by atoms with Crippen LogP contribution in [0.3, 0.4) is 0 Å². The van der Waals surface area contributed by atoms with Gasteiger partial charge in [0.25, 0.3) is 0 Å². The number of fused-ring (bicyclic) bond motifs is 3. The maximum atomic E-state index is 9.10. The van der Waals surface area contributed by atoms with Crippen molar-refractivity contribution in [2.24, 2.45) is 0 Å². The van der Waals surface area contributed by atoms with Gasteiger partial charge in [0.05, 0.1) is 5.71 Å². The van der Waals surface area contributed by atoms with Crippen LogP contribution in [0.15, 0.2) is 121 Å². The Morgan fingerprint density at radius 2 is 1.03 bits per heavy atom. The Labute approximate surface area is 197 Å². The van der Waals surface area contributed by atoms with Gasteiger partial charge in [0.1, 0.15) is 0 Å². The van der Waals surface area contributed by atoms with Gasteiger partial charge in [-0.1, -0.05) is 91.0 Å². The minimum atomic E-state index is 0.546. The Hall–Kier alpha value is -4.01. The first kappa shape index (κ1) is 19.7. The molecule has 0 amide bonds. The van der Waals surface area contributed by atoms with Crippen molar-refractivity contribution in [1.82, 2.24) is 0 Å². The fourth-order valence-electron chi connectivity index (χ4n) is 4.41. The number of rotatable bonds is 4. The van der Waals surface area contributed by atoms with Gasteiger partial charge in [0, 0.05) is 31.3 Å². The molecule has 0 atom stereocenters. The summed E-state index contributed by atoms with van der Waals surface area (Å²) >= 11 is 1.79. The fourth-order valence-corrected chi connectivity index (χ4v) is 5.56. The van der Waals surface area contributed by atoms with Crippen molar-refractivity contribution in [1.29, 1.82) is 5.41 Å². The molecule has 0 aliphatic rings. The molecule has 0 radical (unpaired) electrons. The highest BCUT2D eigenvalue weighted by Crippen LogP contribution is 2.35. The second-order valence-corrected chi connectivity index (χ2v) is 9.30. The quantitative estimate of drug-likeness (QED) is 0.265. The second kappa shape index (κ2) is 8.16. The van der Waals surface area contributed by atoms with Crippen LogP contribution < -0.4 is 0 Å². The van der Waals surface area contributed by atoms with Crippen LogP contribution in [0.25, 0.3) is 42.4 Å². The predicted octanol–water partition coefficient (Wildman–Crippen LogP) is 8.80. The van der Waals surface area contributed by atoms with E-state index in [4.69, 9.17) is 5.41 Å². The molecule has 5 aromatic carbocycles. The fraction of sp³-hybridized carbons (Fsp3) is 0. The van der Waals surface area contributed by atoms with Crippen molar-refractivity contribution in [3.05, 3.63) is 132 Å². The number of thiophene rings is 1. The SMILES string of the molecule is N=C(c1cc(-c2ccccc2)cc(-c2ccccc2)c1)c1ccc2c(c1)sc1ccccc12. The lowest BCUT2D eigenvalue weighted by molar-refractivity contribution is 1.46. The van der Waals surface area contributed by atoms with Gasteiger partial charge in [-0.05, 0) is 52.6 Å². The lowest BCUT2D eigenvalue weighted by atomic mass is 9.92. The second-order valence-electron chi connectivity index (χ2n) is 8.22. The van der Waals surface area contributed by atoms with E-state index in [0.717, 1.165) is 33.4 Å². The van der Waals surface area contributed by atoms with Gasteiger partial charge in [-0.15, -0.1) is 11.3 Å². The molecule has 1 N–H and O–H groups in total. The smallest absolute Gasteiger partial charge is 0.0685 e. The van der Waals surface area contributed by atoms with E-state index in [1.165, 1.54) is 20.2 Å². The van der Waals surface area contributed by atoms with Crippen LogP contribution >= 0.6 is 11.3 Å². The molecular weight excluding hydrogens is 418 g/mol. The van der Waals surface area contributed by atoms with Crippen molar-refractivity contribution >= 4 is 37.2 Å². The van der Waals surface area contributed by atoms with Gasteiger partial charge >= 0.3 is 0 Å². The van der Waals surface area contributed by atoms with Crippen molar-refractivity contribution in [2.75, 3.05) is 0 Å². The molecule has 33 heavy (non-hydrogen) atoms. The van der Waals surface area contributed by atoms with Crippen LogP contribution in [0.5, 0.6) is 0 Å². The molecule has 0 aliphatic carbocycles. The molecule has 1 aromatic heterocycles. The molecule has 1 nitrogen and oxygen atoms in total. The average Bonchev–Trinajstić information content (AvgIpc) is 3.27. The highest BCUT2D eigenvalue weighted by atomic mass is 32.1. The van der Waals surface area contributed by atoms with E-state index >= 15 is 0 Å². The Bertz CT molecular complexity index is 1550. The molecular formula is C31H21NS. The Morgan fingerprint density at radius 3 is 1.70 bits per heavy atom. The van der Waals surface area contributed by atoms with Crippen LogP contribution in [0.1, 0.15) is 11.1 Å². The van der Waals surface area contributed by atoms with Crippen LogP contribution in [-0.4, -0.2) is 5.71 Å². The number of hydrogen-bond donors (Lipinski definition) is 1. The predicted molar refractivity (Wildman–Crippen MR) is 143 cm³/mol. The van der Waals surface area contributed by atoms with Crippen molar-refractivity contribution in [2.45, 2.75) is 0 Å². The van der Waals surface area contributed by atoms with Crippen LogP contribution in [0, 0.1) is 5.41 Å². The van der Waals surface area contributed by atoms with Gasteiger partial charge < -0.3 is 0 Å². The Kier molecular flexibility index (Phi) is 4.86. The van der Waals surface area contributed by atoms with E-state index < -0.39 is 0 Å². The summed E-state index contributed by atoms with van der Waals surface area (Å²) in [4.78, 5) is 0. The average molecular weight is 440 g/mol. The van der Waals surface area contributed by atoms with Crippen molar-refractivity contribution < 1.29 is 0 Å². The van der Waals surface area contributed by atoms with Crippen LogP contribution in [-0.2, 0) is 0 Å². The summed E-state index contributed by atoms with van der Waals surface area (Å²) < 4.78 is 2.51. The van der Waals surface area contributed by atoms with Gasteiger partial charge in [0.15, 0.2) is 0 Å². The molecule has 156 valence electrons. The standard InChI is InChI=1S/C31H21NS/c32-31(23-15-16-28-27-13-7-8-14-29(27)33-30(28)20-23)26-18-24(21-9-3-1-4-10-21)17-25(19-26)22-11-5-2-6-12-22/h1-20,32H. The lowest BCUT2D eigenvalue weighted by Gasteiger charge is -2.12. The summed E-state index contributed by atoms with van der Waals surface area (Å²) in [7, 11) is 0. The third-order valence-electron chi connectivity index (χ3n) is 6.10. The molecule has 0 bridgehead atoms. The molecule has 6 aromatic rings. The molecule has 1 heterocycles. The van der Waals surface area contributed by atoms with E-state index in [2.05, 4.69) is 109 Å². The third kappa shape index (κ3) is 3.65. The zero-order chi connectivity index (χ0) is 22.2. The maximum Gasteiger partial charge on any atom is 0.0685 e. The largest absolute Gasteiger partial charge is 0.300 e. The summed E-state index contributed by atoms with van der Waals surface area (Å²) in [5, 5.41) is 11.6. The van der Waals surface area contributed by atoms with Gasteiger partial charge in [-0.3, -0.25) is 5.41 Å². The highest BCUT2D eigenvalue weighted by molar-refractivity contribution is 7.25. The van der Waals surface area contributed by atoms with Crippen molar-refractivity contribution in [3.63, 3.8) is 0 Å². The van der Waals surface area contributed by atoms with Gasteiger partial charge in [-0.2, -0.15) is 0 Å². The summed E-state index contributed by atoms with van der Waals surface area (Å²) in [5.74, 6) is 0. The monoisotopic (exact) mass is 439 g/mol. The topological polar surface area (TPSA) is 23.9 Å². The maximum absolute atomic E-state index is 9.10.